The van der Waals surface area contributed by atoms with E-state index in [1.54, 1.807) is 14.2 Å². The van der Waals surface area contributed by atoms with Gasteiger partial charge in [-0.25, -0.2) is 0 Å². The van der Waals surface area contributed by atoms with Crippen molar-refractivity contribution in [2.45, 2.75) is 5.92 Å². The molecule has 0 atom stereocenters. The summed E-state index contributed by atoms with van der Waals surface area (Å²) in [6.07, 6.45) is 5.91. The number of benzene rings is 2. The summed E-state index contributed by atoms with van der Waals surface area (Å²) in [6.45, 7) is 0. The molecule has 0 bridgehead atoms. The SMILES string of the molecule is COc1ccc2c(c1)C=Cc1cc(OC)ccc1C2/C=C1\SC(=O)NC1=O. The number of rotatable bonds is 3. The minimum atomic E-state index is -0.354. The lowest BCUT2D eigenvalue weighted by molar-refractivity contribution is -0.115. The number of allylic oxidation sites excluding steroid dienone is 1. The number of thioether (sulfide) groups is 1. The van der Waals surface area contributed by atoms with Crippen molar-refractivity contribution in [3.8, 4) is 11.5 Å². The predicted octanol–water partition coefficient (Wildman–Crippen LogP) is 4.19. The zero-order valence-corrected chi connectivity index (χ0v) is 15.6. The Bertz CT molecular complexity index is 952. The van der Waals surface area contributed by atoms with E-state index in [1.807, 2.05) is 54.6 Å². The number of nitrogens with one attached hydrogen (secondary N) is 1. The summed E-state index contributed by atoms with van der Waals surface area (Å²) in [5.41, 5.74) is 4.08. The molecule has 0 saturated carbocycles. The first-order valence-electron chi connectivity index (χ1n) is 8.38. The molecule has 1 heterocycles. The number of hydrogen-bond donors (Lipinski definition) is 1. The molecule has 5 nitrogen and oxygen atoms in total. The quantitative estimate of drug-likeness (QED) is 0.811. The number of carbonyl (C=O) groups excluding carboxylic acids is 2. The molecule has 4 rings (SSSR count). The van der Waals surface area contributed by atoms with Crippen LogP contribution >= 0.6 is 11.8 Å². The van der Waals surface area contributed by atoms with Gasteiger partial charge < -0.3 is 9.47 Å². The maximum Gasteiger partial charge on any atom is 0.290 e. The van der Waals surface area contributed by atoms with Gasteiger partial charge in [0.15, 0.2) is 0 Å². The lowest BCUT2D eigenvalue weighted by Crippen LogP contribution is -2.18. The number of amides is 2. The molecular formula is C21H17NO4S. The van der Waals surface area contributed by atoms with Gasteiger partial charge in [-0.2, -0.15) is 0 Å². The standard InChI is InChI=1S/C21H17NO4S/c1-25-14-5-7-16-12(9-14)3-4-13-10-15(26-2)6-8-17(13)18(16)11-19-20(23)22-21(24)27-19/h3-11,18H,1-2H3,(H,22,23,24)/b19-11-. The van der Waals surface area contributed by atoms with E-state index in [4.69, 9.17) is 9.47 Å². The zero-order chi connectivity index (χ0) is 19.0. The van der Waals surface area contributed by atoms with Gasteiger partial charge in [-0.1, -0.05) is 30.4 Å². The highest BCUT2D eigenvalue weighted by atomic mass is 32.2. The minimum Gasteiger partial charge on any atom is -0.497 e. The van der Waals surface area contributed by atoms with Crippen LogP contribution in [0.1, 0.15) is 28.2 Å². The molecule has 1 aliphatic heterocycles. The largest absolute Gasteiger partial charge is 0.497 e. The maximum absolute atomic E-state index is 12.1. The molecule has 0 aromatic heterocycles. The van der Waals surface area contributed by atoms with Crippen LogP contribution in [0, 0.1) is 0 Å². The van der Waals surface area contributed by atoms with E-state index in [-0.39, 0.29) is 17.1 Å². The van der Waals surface area contributed by atoms with Gasteiger partial charge in [0.05, 0.1) is 19.1 Å². The van der Waals surface area contributed by atoms with E-state index >= 15 is 0 Å². The molecule has 27 heavy (non-hydrogen) atoms. The second-order valence-corrected chi connectivity index (χ2v) is 7.19. The van der Waals surface area contributed by atoms with Gasteiger partial charge >= 0.3 is 0 Å². The summed E-state index contributed by atoms with van der Waals surface area (Å²) in [5.74, 6) is 0.987. The van der Waals surface area contributed by atoms with Crippen molar-refractivity contribution in [2.75, 3.05) is 14.2 Å². The van der Waals surface area contributed by atoms with Gasteiger partial charge in [0, 0.05) is 5.92 Å². The lowest BCUT2D eigenvalue weighted by atomic mass is 9.87. The molecule has 2 amide bonds. The molecule has 2 aromatic rings. The van der Waals surface area contributed by atoms with Crippen LogP contribution in [-0.4, -0.2) is 25.4 Å². The molecule has 1 fully saturated rings. The number of fused-ring (bicyclic) bond motifs is 2. The summed E-state index contributed by atoms with van der Waals surface area (Å²) in [7, 11) is 3.26. The second kappa shape index (κ2) is 6.96. The van der Waals surface area contributed by atoms with Crippen LogP contribution < -0.4 is 14.8 Å². The first kappa shape index (κ1) is 17.4. The Morgan fingerprint density at radius 1 is 0.926 bits per heavy atom. The highest BCUT2D eigenvalue weighted by molar-refractivity contribution is 8.18. The van der Waals surface area contributed by atoms with Gasteiger partial charge in [-0.3, -0.25) is 14.9 Å². The number of methoxy groups -OCH3 is 2. The Labute approximate surface area is 161 Å². The normalized spacial score (nSPS) is 17.3. The van der Waals surface area contributed by atoms with Crippen LogP contribution in [0.5, 0.6) is 11.5 Å². The van der Waals surface area contributed by atoms with Gasteiger partial charge in [0.25, 0.3) is 11.1 Å². The summed E-state index contributed by atoms with van der Waals surface area (Å²) in [5, 5.41) is 1.97. The smallest absolute Gasteiger partial charge is 0.290 e. The summed E-state index contributed by atoms with van der Waals surface area (Å²) in [4.78, 5) is 24.1. The van der Waals surface area contributed by atoms with E-state index in [1.165, 1.54) is 0 Å². The lowest BCUT2D eigenvalue weighted by Gasteiger charge is -2.18. The Hall–Kier alpha value is -2.99. The molecule has 0 unspecified atom stereocenters. The Morgan fingerprint density at radius 3 is 1.93 bits per heavy atom. The maximum atomic E-state index is 12.1. The predicted molar refractivity (Wildman–Crippen MR) is 106 cm³/mol. The number of imide groups is 1. The Morgan fingerprint density at radius 2 is 1.48 bits per heavy atom. The molecule has 1 saturated heterocycles. The number of ether oxygens (including phenoxy) is 2. The van der Waals surface area contributed by atoms with Crippen LogP contribution in [0.15, 0.2) is 47.4 Å². The first-order valence-corrected chi connectivity index (χ1v) is 9.19. The van der Waals surface area contributed by atoms with Gasteiger partial charge in [0.2, 0.25) is 0 Å². The Balaban J connectivity index is 1.90. The van der Waals surface area contributed by atoms with Crippen molar-refractivity contribution in [1.29, 1.82) is 0 Å². The molecule has 2 aliphatic rings. The number of carbonyl (C=O) groups is 2. The molecular weight excluding hydrogens is 362 g/mol. The van der Waals surface area contributed by atoms with Gasteiger partial charge in [0.1, 0.15) is 11.5 Å². The number of hydrogen-bond acceptors (Lipinski definition) is 5. The van der Waals surface area contributed by atoms with Gasteiger partial charge in [-0.05, 0) is 58.3 Å². The van der Waals surface area contributed by atoms with Crippen molar-refractivity contribution in [3.05, 3.63) is 69.6 Å². The molecule has 1 aliphatic carbocycles. The molecule has 0 spiro atoms. The van der Waals surface area contributed by atoms with Crippen molar-refractivity contribution < 1.29 is 19.1 Å². The summed E-state index contributed by atoms with van der Waals surface area (Å²) >= 11 is 0.930. The zero-order valence-electron chi connectivity index (χ0n) is 14.8. The third kappa shape index (κ3) is 3.24. The van der Waals surface area contributed by atoms with Crippen LogP contribution in [0.25, 0.3) is 12.2 Å². The van der Waals surface area contributed by atoms with Crippen molar-refractivity contribution in [2.24, 2.45) is 0 Å². The fourth-order valence-electron chi connectivity index (χ4n) is 3.33. The van der Waals surface area contributed by atoms with E-state index in [0.29, 0.717) is 4.91 Å². The molecule has 6 heteroatoms. The highest BCUT2D eigenvalue weighted by Crippen LogP contribution is 2.40. The minimum absolute atomic E-state index is 0.180. The van der Waals surface area contributed by atoms with Crippen LogP contribution in [0.4, 0.5) is 4.79 Å². The molecule has 2 aromatic carbocycles. The summed E-state index contributed by atoms with van der Waals surface area (Å²) < 4.78 is 10.7. The van der Waals surface area contributed by atoms with Crippen LogP contribution in [0.3, 0.4) is 0 Å². The summed E-state index contributed by atoms with van der Waals surface area (Å²) in [6, 6.07) is 11.7. The molecule has 136 valence electrons. The van der Waals surface area contributed by atoms with E-state index < -0.39 is 0 Å². The van der Waals surface area contributed by atoms with Crippen molar-refractivity contribution in [3.63, 3.8) is 0 Å². The average molecular weight is 379 g/mol. The topological polar surface area (TPSA) is 64.6 Å². The second-order valence-electron chi connectivity index (χ2n) is 6.18. The average Bonchev–Trinajstić information content (AvgIpc) is 2.92. The monoisotopic (exact) mass is 379 g/mol. The van der Waals surface area contributed by atoms with Crippen molar-refractivity contribution in [1.82, 2.24) is 5.32 Å². The van der Waals surface area contributed by atoms with Crippen LogP contribution in [0.2, 0.25) is 0 Å². The fraction of sp³-hybridized carbons (Fsp3) is 0.143. The Kier molecular flexibility index (Phi) is 4.49. The van der Waals surface area contributed by atoms with Crippen molar-refractivity contribution >= 4 is 35.1 Å². The highest BCUT2D eigenvalue weighted by Gasteiger charge is 2.28. The molecule has 0 radical (unpaired) electrons. The molecule has 1 N–H and O–H groups in total. The third-order valence-electron chi connectivity index (χ3n) is 4.66. The van der Waals surface area contributed by atoms with E-state index in [2.05, 4.69) is 5.32 Å². The first-order chi connectivity index (χ1) is 13.1. The van der Waals surface area contributed by atoms with E-state index in [0.717, 1.165) is 45.5 Å². The van der Waals surface area contributed by atoms with E-state index in [9.17, 15) is 9.59 Å². The van der Waals surface area contributed by atoms with Crippen LogP contribution in [-0.2, 0) is 4.79 Å². The van der Waals surface area contributed by atoms with Gasteiger partial charge in [-0.15, -0.1) is 0 Å². The third-order valence-corrected chi connectivity index (χ3v) is 5.49. The fourth-order valence-corrected chi connectivity index (χ4v) is 4.02.